The lowest BCUT2D eigenvalue weighted by Crippen LogP contribution is -2.54. The third-order valence-corrected chi connectivity index (χ3v) is 7.06. The predicted molar refractivity (Wildman–Crippen MR) is 135 cm³/mol. The number of aliphatic carboxylic acids is 1. The highest BCUT2D eigenvalue weighted by Crippen LogP contribution is 2.44. The Hall–Kier alpha value is -3.35. The normalized spacial score (nSPS) is 15.8. The van der Waals surface area contributed by atoms with E-state index in [0.29, 0.717) is 12.8 Å². The summed E-state index contributed by atoms with van der Waals surface area (Å²) >= 11 is 0. The molecule has 2 aromatic rings. The first-order valence-electron chi connectivity index (χ1n) is 12.4. The summed E-state index contributed by atoms with van der Waals surface area (Å²) < 4.78 is 5.61. The second kappa shape index (κ2) is 11.9. The Balaban J connectivity index is 1.69. The molecule has 2 aromatic carbocycles. The lowest BCUT2D eigenvalue weighted by atomic mass is 9.96. The van der Waals surface area contributed by atoms with Crippen molar-refractivity contribution in [3.8, 4) is 11.1 Å². The van der Waals surface area contributed by atoms with E-state index in [-0.39, 0.29) is 24.4 Å². The van der Waals surface area contributed by atoms with Crippen molar-refractivity contribution in [1.29, 1.82) is 0 Å². The van der Waals surface area contributed by atoms with Crippen molar-refractivity contribution in [2.75, 3.05) is 6.61 Å². The average Bonchev–Trinajstić information content (AvgIpc) is 3.18. The molecule has 0 aromatic heterocycles. The van der Waals surface area contributed by atoms with Gasteiger partial charge >= 0.3 is 12.1 Å². The minimum Gasteiger partial charge on any atom is -0.480 e. The van der Waals surface area contributed by atoms with Gasteiger partial charge in [-0.3, -0.25) is 4.79 Å². The Morgan fingerprint density at radius 2 is 1.49 bits per heavy atom. The molecule has 7 nitrogen and oxygen atoms in total. The Bertz CT molecular complexity index is 1010. The quantitative estimate of drug-likeness (QED) is 0.422. The minimum absolute atomic E-state index is 0.0863. The van der Waals surface area contributed by atoms with Crippen LogP contribution in [-0.4, -0.2) is 41.8 Å². The van der Waals surface area contributed by atoms with Crippen molar-refractivity contribution >= 4 is 18.0 Å². The standard InChI is InChI=1S/C28H36N2O5/c1-5-17(3)15-24(26(31)30-25(27(32)33)18(4)6-2)29-28(34)35-16-23-21-13-9-7-11-19(21)20-12-8-10-14-22(20)23/h7-14,17-18,23-25H,5-6,15-16H2,1-4H3,(H,29,34)(H,30,31)(H,32,33)/t17?,18?,24?,25-/m0/s1. The van der Waals surface area contributed by atoms with Crippen molar-refractivity contribution in [3.63, 3.8) is 0 Å². The summed E-state index contributed by atoms with van der Waals surface area (Å²) in [6, 6.07) is 14.3. The molecule has 3 unspecified atom stereocenters. The third-order valence-electron chi connectivity index (χ3n) is 7.06. The van der Waals surface area contributed by atoms with Gasteiger partial charge in [0.05, 0.1) is 0 Å². The number of nitrogens with one attached hydrogen (secondary N) is 2. The van der Waals surface area contributed by atoms with Gasteiger partial charge < -0.3 is 20.5 Å². The lowest BCUT2D eigenvalue weighted by molar-refractivity contribution is -0.143. The second-order valence-electron chi connectivity index (χ2n) is 9.48. The molecule has 2 amide bonds. The van der Waals surface area contributed by atoms with Gasteiger partial charge in [-0.1, -0.05) is 89.1 Å². The molecule has 4 atom stereocenters. The molecule has 0 radical (unpaired) electrons. The highest BCUT2D eigenvalue weighted by atomic mass is 16.5. The van der Waals surface area contributed by atoms with Crippen LogP contribution in [0.4, 0.5) is 4.79 Å². The number of carbonyl (C=O) groups is 3. The third kappa shape index (κ3) is 6.21. The van der Waals surface area contributed by atoms with Crippen molar-refractivity contribution < 1.29 is 24.2 Å². The van der Waals surface area contributed by atoms with Gasteiger partial charge in [-0.15, -0.1) is 0 Å². The van der Waals surface area contributed by atoms with Gasteiger partial charge in [0.1, 0.15) is 18.7 Å². The van der Waals surface area contributed by atoms with E-state index in [2.05, 4.69) is 22.8 Å². The van der Waals surface area contributed by atoms with E-state index >= 15 is 0 Å². The van der Waals surface area contributed by atoms with Crippen LogP contribution in [0.2, 0.25) is 0 Å². The highest BCUT2D eigenvalue weighted by molar-refractivity contribution is 5.89. The number of hydrogen-bond donors (Lipinski definition) is 3. The molecule has 1 aliphatic rings. The molecule has 0 fully saturated rings. The second-order valence-corrected chi connectivity index (χ2v) is 9.48. The number of alkyl carbamates (subject to hydrolysis) is 1. The Kier molecular flexibility index (Phi) is 8.90. The van der Waals surface area contributed by atoms with Gasteiger partial charge in [0.15, 0.2) is 0 Å². The number of hydrogen-bond acceptors (Lipinski definition) is 4. The smallest absolute Gasteiger partial charge is 0.407 e. The zero-order valence-corrected chi connectivity index (χ0v) is 20.9. The molecule has 0 bridgehead atoms. The monoisotopic (exact) mass is 480 g/mol. The van der Waals surface area contributed by atoms with Crippen LogP contribution < -0.4 is 10.6 Å². The van der Waals surface area contributed by atoms with Crippen LogP contribution in [0.3, 0.4) is 0 Å². The number of benzene rings is 2. The molecule has 1 aliphatic carbocycles. The van der Waals surface area contributed by atoms with E-state index in [1.54, 1.807) is 6.92 Å². The largest absolute Gasteiger partial charge is 0.480 e. The maximum absolute atomic E-state index is 13.0. The molecule has 35 heavy (non-hydrogen) atoms. The maximum Gasteiger partial charge on any atom is 0.407 e. The first-order valence-corrected chi connectivity index (χ1v) is 12.4. The molecule has 7 heteroatoms. The van der Waals surface area contributed by atoms with Crippen LogP contribution in [0.15, 0.2) is 48.5 Å². The van der Waals surface area contributed by atoms with Gasteiger partial charge in [-0.2, -0.15) is 0 Å². The summed E-state index contributed by atoms with van der Waals surface area (Å²) in [4.78, 5) is 37.5. The van der Waals surface area contributed by atoms with Crippen LogP contribution >= 0.6 is 0 Å². The van der Waals surface area contributed by atoms with Crippen LogP contribution in [0.25, 0.3) is 11.1 Å². The number of carboxylic acids is 1. The SMILES string of the molecule is CCC(C)CC(NC(=O)OCC1c2ccccc2-c2ccccc21)C(=O)N[C@H](C(=O)O)C(C)CC. The van der Waals surface area contributed by atoms with E-state index in [1.807, 2.05) is 57.2 Å². The number of rotatable bonds is 11. The molecule has 0 spiro atoms. The predicted octanol–water partition coefficient (Wildman–Crippen LogP) is 4.95. The van der Waals surface area contributed by atoms with Gasteiger partial charge in [0.2, 0.25) is 5.91 Å². The number of fused-ring (bicyclic) bond motifs is 3. The van der Waals surface area contributed by atoms with E-state index in [9.17, 15) is 19.5 Å². The van der Waals surface area contributed by atoms with E-state index in [0.717, 1.165) is 28.7 Å². The Morgan fingerprint density at radius 3 is 2.00 bits per heavy atom. The average molecular weight is 481 g/mol. The maximum atomic E-state index is 13.0. The summed E-state index contributed by atoms with van der Waals surface area (Å²) in [5.74, 6) is -1.76. The summed E-state index contributed by atoms with van der Waals surface area (Å²) in [7, 11) is 0. The number of amides is 2. The molecule has 188 valence electrons. The molecule has 0 aliphatic heterocycles. The fourth-order valence-corrected chi connectivity index (χ4v) is 4.52. The first-order chi connectivity index (χ1) is 16.8. The zero-order chi connectivity index (χ0) is 25.5. The summed E-state index contributed by atoms with van der Waals surface area (Å²) in [5, 5.41) is 14.9. The van der Waals surface area contributed by atoms with Crippen LogP contribution in [-0.2, 0) is 14.3 Å². The van der Waals surface area contributed by atoms with Gasteiger partial charge in [0.25, 0.3) is 0 Å². The van der Waals surface area contributed by atoms with Crippen LogP contribution in [0, 0.1) is 11.8 Å². The van der Waals surface area contributed by atoms with Gasteiger partial charge in [-0.25, -0.2) is 9.59 Å². The topological polar surface area (TPSA) is 105 Å². The summed E-state index contributed by atoms with van der Waals surface area (Å²) in [6.07, 6.45) is 1.13. The lowest BCUT2D eigenvalue weighted by Gasteiger charge is -2.25. The van der Waals surface area contributed by atoms with E-state index < -0.39 is 30.1 Å². The molecule has 3 N–H and O–H groups in total. The number of ether oxygens (including phenoxy) is 1. The van der Waals surface area contributed by atoms with Gasteiger partial charge in [-0.05, 0) is 40.5 Å². The Morgan fingerprint density at radius 1 is 0.914 bits per heavy atom. The van der Waals surface area contributed by atoms with Gasteiger partial charge in [0, 0.05) is 5.92 Å². The zero-order valence-electron chi connectivity index (χ0n) is 20.9. The molecular weight excluding hydrogens is 444 g/mol. The van der Waals surface area contributed by atoms with E-state index in [4.69, 9.17) is 4.74 Å². The molecular formula is C28H36N2O5. The molecule has 0 saturated heterocycles. The van der Waals surface area contributed by atoms with Crippen LogP contribution in [0.1, 0.15) is 64.0 Å². The van der Waals surface area contributed by atoms with Crippen molar-refractivity contribution in [2.24, 2.45) is 11.8 Å². The molecule has 0 heterocycles. The number of carboxylic acid groups (broad SMARTS) is 1. The van der Waals surface area contributed by atoms with Crippen molar-refractivity contribution in [2.45, 2.75) is 65.0 Å². The fourth-order valence-electron chi connectivity index (χ4n) is 4.52. The molecule has 3 rings (SSSR count). The number of carbonyl (C=O) groups excluding carboxylic acids is 2. The van der Waals surface area contributed by atoms with E-state index in [1.165, 1.54) is 0 Å². The Labute approximate surface area is 207 Å². The first kappa shape index (κ1) is 26.3. The van der Waals surface area contributed by atoms with Crippen molar-refractivity contribution in [3.05, 3.63) is 59.7 Å². The van der Waals surface area contributed by atoms with Crippen molar-refractivity contribution in [1.82, 2.24) is 10.6 Å². The summed E-state index contributed by atoms with van der Waals surface area (Å²) in [5.41, 5.74) is 4.48. The summed E-state index contributed by atoms with van der Waals surface area (Å²) in [6.45, 7) is 7.79. The van der Waals surface area contributed by atoms with Crippen LogP contribution in [0.5, 0.6) is 0 Å². The minimum atomic E-state index is -1.09. The molecule has 0 saturated carbocycles. The highest BCUT2D eigenvalue weighted by Gasteiger charge is 2.32. The fraction of sp³-hybridized carbons (Fsp3) is 0.464.